The molecule has 0 bridgehead atoms. The molecule has 0 atom stereocenters. The van der Waals surface area contributed by atoms with Gasteiger partial charge in [0.15, 0.2) is 0 Å². The Bertz CT molecular complexity index is 76.2. The highest BCUT2D eigenvalue weighted by Gasteiger charge is 1.80. The number of rotatable bonds is 4. The number of nitrogens with two attached hydrogens (primary N) is 2. The van der Waals surface area contributed by atoms with Crippen LogP contribution < -0.4 is 11.5 Å². The summed E-state index contributed by atoms with van der Waals surface area (Å²) in [7, 11) is 0. The van der Waals surface area contributed by atoms with E-state index in [0.717, 1.165) is 6.54 Å². The number of hydrogen-bond donors (Lipinski definition) is 2. The molecule has 0 rings (SSSR count). The van der Waals surface area contributed by atoms with Crippen LogP contribution in [-0.4, -0.2) is 12.5 Å². The van der Waals surface area contributed by atoms with Crippen LogP contribution in [0.2, 0.25) is 0 Å². The normalized spacial score (nSPS) is 8.27. The Morgan fingerprint density at radius 3 is 2.00 bits per heavy atom. The Morgan fingerprint density at radius 1 is 1.27 bits per heavy atom. The summed E-state index contributed by atoms with van der Waals surface area (Å²) < 4.78 is 0. The summed E-state index contributed by atoms with van der Waals surface area (Å²) >= 11 is 0. The first-order valence-corrected chi connectivity index (χ1v) is 4.11. The van der Waals surface area contributed by atoms with Gasteiger partial charge in [-0.25, -0.2) is 0 Å². The Hall–Kier alpha value is -0.570. The molecule has 0 aromatic carbocycles. The minimum atomic E-state index is -0.333. The van der Waals surface area contributed by atoms with Gasteiger partial charge in [0, 0.05) is 6.92 Å². The van der Waals surface area contributed by atoms with Crippen LogP contribution in [-0.2, 0) is 4.79 Å². The molecule has 0 saturated heterocycles. The minimum Gasteiger partial charge on any atom is -0.370 e. The Kier molecular flexibility index (Phi) is 14.4. The fraction of sp³-hybridized carbons (Fsp3) is 0.875. The van der Waals surface area contributed by atoms with E-state index in [-0.39, 0.29) is 5.91 Å². The number of hydrogen-bond acceptors (Lipinski definition) is 2. The Balaban J connectivity index is 0. The molecule has 11 heavy (non-hydrogen) atoms. The van der Waals surface area contributed by atoms with Crippen LogP contribution in [0.1, 0.15) is 39.5 Å². The first-order valence-electron chi connectivity index (χ1n) is 4.11. The average molecular weight is 160 g/mol. The summed E-state index contributed by atoms with van der Waals surface area (Å²) in [5.74, 6) is -0.333. The molecule has 0 aliphatic heterocycles. The lowest BCUT2D eigenvalue weighted by molar-refractivity contribution is -0.115. The molecule has 0 aliphatic rings. The van der Waals surface area contributed by atoms with E-state index in [1.807, 2.05) is 0 Å². The molecule has 4 N–H and O–H groups in total. The van der Waals surface area contributed by atoms with Crippen molar-refractivity contribution >= 4 is 5.91 Å². The SMILES string of the molecule is CC(N)=O.CCCCCCN. The molecular weight excluding hydrogens is 140 g/mol. The molecule has 0 aromatic heterocycles. The van der Waals surface area contributed by atoms with E-state index in [1.54, 1.807) is 0 Å². The van der Waals surface area contributed by atoms with Gasteiger partial charge in [-0.05, 0) is 13.0 Å². The predicted octanol–water partition coefficient (Wildman–Crippen LogP) is 1.02. The summed E-state index contributed by atoms with van der Waals surface area (Å²) in [6.07, 6.45) is 5.16. The van der Waals surface area contributed by atoms with Crippen molar-refractivity contribution in [2.75, 3.05) is 6.54 Å². The monoisotopic (exact) mass is 160 g/mol. The topological polar surface area (TPSA) is 69.1 Å². The van der Waals surface area contributed by atoms with Gasteiger partial charge in [0.25, 0.3) is 0 Å². The van der Waals surface area contributed by atoms with Gasteiger partial charge in [-0.2, -0.15) is 0 Å². The van der Waals surface area contributed by atoms with Crippen molar-refractivity contribution in [3.63, 3.8) is 0 Å². The van der Waals surface area contributed by atoms with Gasteiger partial charge >= 0.3 is 0 Å². The van der Waals surface area contributed by atoms with Crippen LogP contribution in [0.15, 0.2) is 0 Å². The summed E-state index contributed by atoms with van der Waals surface area (Å²) in [5, 5.41) is 0. The molecule has 0 unspecified atom stereocenters. The second-order valence-corrected chi connectivity index (χ2v) is 2.46. The number of amides is 1. The highest BCUT2D eigenvalue weighted by atomic mass is 16.1. The average Bonchev–Trinajstić information content (AvgIpc) is 1.88. The highest BCUT2D eigenvalue weighted by Crippen LogP contribution is 1.95. The quantitative estimate of drug-likeness (QED) is 0.603. The van der Waals surface area contributed by atoms with Crippen LogP contribution in [0, 0.1) is 0 Å². The standard InChI is InChI=1S/C6H15N.C2H5NO/c1-2-3-4-5-6-7;1-2(3)4/h2-7H2,1H3;1H3,(H2,3,4). The molecule has 0 radical (unpaired) electrons. The molecule has 3 heteroatoms. The van der Waals surface area contributed by atoms with Crippen LogP contribution in [0.4, 0.5) is 0 Å². The Morgan fingerprint density at radius 2 is 1.73 bits per heavy atom. The van der Waals surface area contributed by atoms with E-state index in [0.29, 0.717) is 0 Å². The van der Waals surface area contributed by atoms with Crippen LogP contribution in [0.25, 0.3) is 0 Å². The molecule has 0 aliphatic carbocycles. The van der Waals surface area contributed by atoms with Gasteiger partial charge in [0.2, 0.25) is 5.91 Å². The number of carbonyl (C=O) groups excluding carboxylic acids is 1. The summed E-state index contributed by atoms with van der Waals surface area (Å²) in [5.41, 5.74) is 9.74. The molecule has 0 aromatic rings. The van der Waals surface area contributed by atoms with Gasteiger partial charge in [-0.3, -0.25) is 4.79 Å². The van der Waals surface area contributed by atoms with E-state index in [9.17, 15) is 4.79 Å². The molecular formula is C8H20N2O. The van der Waals surface area contributed by atoms with Gasteiger partial charge in [-0.15, -0.1) is 0 Å². The van der Waals surface area contributed by atoms with Crippen molar-refractivity contribution in [2.24, 2.45) is 11.5 Å². The molecule has 0 heterocycles. The van der Waals surface area contributed by atoms with Crippen LogP contribution in [0.5, 0.6) is 0 Å². The molecule has 3 nitrogen and oxygen atoms in total. The summed E-state index contributed by atoms with van der Waals surface area (Å²) in [6.45, 7) is 4.37. The van der Waals surface area contributed by atoms with Crippen LogP contribution in [0.3, 0.4) is 0 Å². The lowest BCUT2D eigenvalue weighted by Gasteiger charge is -1.90. The molecule has 1 amide bonds. The van der Waals surface area contributed by atoms with Crippen molar-refractivity contribution in [3.05, 3.63) is 0 Å². The Labute approximate surface area is 69.1 Å². The van der Waals surface area contributed by atoms with Gasteiger partial charge in [0.1, 0.15) is 0 Å². The van der Waals surface area contributed by atoms with Crippen LogP contribution >= 0.6 is 0 Å². The summed E-state index contributed by atoms with van der Waals surface area (Å²) in [4.78, 5) is 9.22. The second-order valence-electron chi connectivity index (χ2n) is 2.46. The molecule has 0 spiro atoms. The number of unbranched alkanes of at least 4 members (excludes halogenated alkanes) is 3. The smallest absolute Gasteiger partial charge is 0.214 e. The minimum absolute atomic E-state index is 0.333. The van der Waals surface area contributed by atoms with Crippen molar-refractivity contribution in [3.8, 4) is 0 Å². The van der Waals surface area contributed by atoms with Gasteiger partial charge < -0.3 is 11.5 Å². The first-order chi connectivity index (χ1) is 5.15. The van der Waals surface area contributed by atoms with E-state index >= 15 is 0 Å². The third-order valence-corrected chi connectivity index (χ3v) is 1.06. The van der Waals surface area contributed by atoms with Crippen molar-refractivity contribution in [1.29, 1.82) is 0 Å². The van der Waals surface area contributed by atoms with E-state index in [4.69, 9.17) is 5.73 Å². The maximum absolute atomic E-state index is 9.22. The van der Waals surface area contributed by atoms with Crippen molar-refractivity contribution < 1.29 is 4.79 Å². The lowest BCUT2D eigenvalue weighted by Crippen LogP contribution is -2.01. The zero-order valence-electron chi connectivity index (χ0n) is 7.60. The highest BCUT2D eigenvalue weighted by molar-refractivity contribution is 5.70. The molecule has 0 saturated carbocycles. The zero-order valence-corrected chi connectivity index (χ0v) is 7.60. The number of primary amides is 1. The van der Waals surface area contributed by atoms with Crippen molar-refractivity contribution in [2.45, 2.75) is 39.5 Å². The van der Waals surface area contributed by atoms with E-state index in [1.165, 1.54) is 32.6 Å². The fourth-order valence-corrected chi connectivity index (χ4v) is 0.571. The third kappa shape index (κ3) is 44.2. The van der Waals surface area contributed by atoms with Gasteiger partial charge in [-0.1, -0.05) is 26.2 Å². The largest absolute Gasteiger partial charge is 0.370 e. The van der Waals surface area contributed by atoms with Crippen molar-refractivity contribution in [1.82, 2.24) is 0 Å². The maximum atomic E-state index is 9.22. The maximum Gasteiger partial charge on any atom is 0.214 e. The summed E-state index contributed by atoms with van der Waals surface area (Å²) in [6, 6.07) is 0. The van der Waals surface area contributed by atoms with E-state index in [2.05, 4.69) is 12.7 Å². The molecule has 68 valence electrons. The van der Waals surface area contributed by atoms with E-state index < -0.39 is 0 Å². The molecule has 0 fully saturated rings. The first kappa shape index (κ1) is 13.1. The number of carbonyl (C=O) groups is 1. The third-order valence-electron chi connectivity index (χ3n) is 1.06. The fourth-order valence-electron chi connectivity index (χ4n) is 0.571. The predicted molar refractivity (Wildman–Crippen MR) is 48.1 cm³/mol. The lowest BCUT2D eigenvalue weighted by atomic mass is 10.2. The second kappa shape index (κ2) is 12.1. The van der Waals surface area contributed by atoms with Gasteiger partial charge in [0.05, 0.1) is 0 Å². The zero-order chi connectivity index (χ0) is 9.11.